The quantitative estimate of drug-likeness (QED) is 0.707. The Balaban J connectivity index is 2.97. The van der Waals surface area contributed by atoms with E-state index in [-0.39, 0.29) is 23.2 Å². The summed E-state index contributed by atoms with van der Waals surface area (Å²) in [6.07, 6.45) is 0.357. The van der Waals surface area contributed by atoms with E-state index in [1.807, 2.05) is 0 Å². The van der Waals surface area contributed by atoms with Crippen molar-refractivity contribution in [3.63, 3.8) is 0 Å². The van der Waals surface area contributed by atoms with Gasteiger partial charge in [0.05, 0.1) is 5.69 Å². The number of nitrogens with one attached hydrogen (secondary N) is 1. The first kappa shape index (κ1) is 14.4. The van der Waals surface area contributed by atoms with E-state index in [1.165, 1.54) is 12.1 Å². The Morgan fingerprint density at radius 1 is 1.53 bits per heavy atom. The van der Waals surface area contributed by atoms with Gasteiger partial charge in [-0.1, -0.05) is 15.9 Å². The zero-order valence-corrected chi connectivity index (χ0v) is 11.8. The van der Waals surface area contributed by atoms with Gasteiger partial charge in [-0.05, 0) is 31.5 Å². The van der Waals surface area contributed by atoms with Crippen LogP contribution in [0.2, 0.25) is 0 Å². The van der Waals surface area contributed by atoms with Crippen molar-refractivity contribution in [3.05, 3.63) is 22.7 Å². The van der Waals surface area contributed by atoms with Crippen LogP contribution in [0, 0.1) is 0 Å². The standard InChI is InChI=1S/C10H15BrN2O3S/c1-7(4-5-14)13-17(15,16)10-3-2-8(11)6-9(10)12/h2-3,6-7,13-14H,4-5,12H2,1H3. The average molecular weight is 323 g/mol. The Bertz CT molecular complexity index is 490. The van der Waals surface area contributed by atoms with Crippen LogP contribution in [0.15, 0.2) is 27.6 Å². The monoisotopic (exact) mass is 322 g/mol. The summed E-state index contributed by atoms with van der Waals surface area (Å²) in [6, 6.07) is 4.24. The molecule has 0 aliphatic rings. The molecule has 0 aliphatic heterocycles. The van der Waals surface area contributed by atoms with E-state index < -0.39 is 10.0 Å². The fourth-order valence-corrected chi connectivity index (χ4v) is 3.11. The number of sulfonamides is 1. The lowest BCUT2D eigenvalue weighted by Gasteiger charge is -2.14. The molecule has 0 amide bonds. The summed E-state index contributed by atoms with van der Waals surface area (Å²) in [5.74, 6) is 0. The first-order chi connectivity index (χ1) is 7.86. The second kappa shape index (κ2) is 5.81. The lowest BCUT2D eigenvalue weighted by molar-refractivity contribution is 0.275. The molecule has 1 unspecified atom stereocenters. The number of aliphatic hydroxyl groups is 1. The molecule has 0 aromatic heterocycles. The van der Waals surface area contributed by atoms with Crippen molar-refractivity contribution >= 4 is 31.6 Å². The molecule has 17 heavy (non-hydrogen) atoms. The van der Waals surface area contributed by atoms with Crippen molar-refractivity contribution in [1.82, 2.24) is 4.72 Å². The number of halogens is 1. The van der Waals surface area contributed by atoms with Crippen molar-refractivity contribution in [2.24, 2.45) is 0 Å². The van der Waals surface area contributed by atoms with Gasteiger partial charge in [0.15, 0.2) is 0 Å². The highest BCUT2D eigenvalue weighted by molar-refractivity contribution is 9.10. The zero-order chi connectivity index (χ0) is 13.1. The molecule has 0 saturated carbocycles. The summed E-state index contributed by atoms with van der Waals surface area (Å²) in [4.78, 5) is 0.0467. The molecule has 0 bridgehead atoms. The molecule has 96 valence electrons. The summed E-state index contributed by atoms with van der Waals surface area (Å²) in [6.45, 7) is 1.61. The Kier molecular flexibility index (Phi) is 4.93. The van der Waals surface area contributed by atoms with Gasteiger partial charge in [0, 0.05) is 17.1 Å². The molecular formula is C10H15BrN2O3S. The molecule has 1 atom stereocenters. The number of hydrogen-bond donors (Lipinski definition) is 3. The van der Waals surface area contributed by atoms with E-state index >= 15 is 0 Å². The molecule has 5 nitrogen and oxygen atoms in total. The molecule has 4 N–H and O–H groups in total. The Morgan fingerprint density at radius 3 is 2.71 bits per heavy atom. The summed E-state index contributed by atoms with van der Waals surface area (Å²) in [5.41, 5.74) is 5.84. The van der Waals surface area contributed by atoms with Crippen molar-refractivity contribution < 1.29 is 13.5 Å². The zero-order valence-electron chi connectivity index (χ0n) is 9.35. The summed E-state index contributed by atoms with van der Waals surface area (Å²) < 4.78 is 27.1. The largest absolute Gasteiger partial charge is 0.398 e. The van der Waals surface area contributed by atoms with Gasteiger partial charge in [-0.3, -0.25) is 0 Å². The Morgan fingerprint density at radius 2 is 2.18 bits per heavy atom. The van der Waals surface area contributed by atoms with E-state index in [2.05, 4.69) is 20.7 Å². The molecule has 0 spiro atoms. The van der Waals surface area contributed by atoms with Crippen molar-refractivity contribution in [3.8, 4) is 0 Å². The highest BCUT2D eigenvalue weighted by Gasteiger charge is 2.19. The molecular weight excluding hydrogens is 308 g/mol. The van der Waals surface area contributed by atoms with Crippen LogP contribution in [0.5, 0.6) is 0 Å². The van der Waals surface area contributed by atoms with E-state index in [0.29, 0.717) is 6.42 Å². The van der Waals surface area contributed by atoms with Crippen LogP contribution >= 0.6 is 15.9 Å². The number of aliphatic hydroxyl groups excluding tert-OH is 1. The first-order valence-electron chi connectivity index (χ1n) is 5.05. The van der Waals surface area contributed by atoms with Gasteiger partial charge in [-0.25, -0.2) is 13.1 Å². The van der Waals surface area contributed by atoms with Crippen LogP contribution in [0.4, 0.5) is 5.69 Å². The fourth-order valence-electron chi connectivity index (χ4n) is 1.34. The van der Waals surface area contributed by atoms with Crippen LogP contribution in [-0.4, -0.2) is 26.2 Å². The fraction of sp³-hybridized carbons (Fsp3) is 0.400. The van der Waals surface area contributed by atoms with Crippen LogP contribution in [-0.2, 0) is 10.0 Å². The molecule has 1 rings (SSSR count). The van der Waals surface area contributed by atoms with Gasteiger partial charge in [0.1, 0.15) is 4.90 Å². The average Bonchev–Trinajstić information content (AvgIpc) is 2.15. The SMILES string of the molecule is CC(CCO)NS(=O)(=O)c1ccc(Br)cc1N. The first-order valence-corrected chi connectivity index (χ1v) is 7.32. The molecule has 0 radical (unpaired) electrons. The van der Waals surface area contributed by atoms with Crippen molar-refractivity contribution in [1.29, 1.82) is 0 Å². The highest BCUT2D eigenvalue weighted by atomic mass is 79.9. The lowest BCUT2D eigenvalue weighted by atomic mass is 10.3. The number of hydrogen-bond acceptors (Lipinski definition) is 4. The van der Waals surface area contributed by atoms with E-state index in [0.717, 1.165) is 4.47 Å². The second-order valence-corrected chi connectivity index (χ2v) is 6.31. The van der Waals surface area contributed by atoms with Gasteiger partial charge in [-0.15, -0.1) is 0 Å². The van der Waals surface area contributed by atoms with Gasteiger partial charge in [0.2, 0.25) is 10.0 Å². The third-order valence-corrected chi connectivity index (χ3v) is 4.34. The van der Waals surface area contributed by atoms with Gasteiger partial charge >= 0.3 is 0 Å². The molecule has 0 aliphatic carbocycles. The highest BCUT2D eigenvalue weighted by Crippen LogP contribution is 2.22. The molecule has 0 fully saturated rings. The minimum Gasteiger partial charge on any atom is -0.398 e. The third-order valence-electron chi connectivity index (χ3n) is 2.18. The van der Waals surface area contributed by atoms with E-state index in [4.69, 9.17) is 10.8 Å². The predicted molar refractivity (Wildman–Crippen MR) is 70.0 cm³/mol. The molecule has 1 aromatic rings. The smallest absolute Gasteiger partial charge is 0.242 e. The van der Waals surface area contributed by atoms with Gasteiger partial charge in [0.25, 0.3) is 0 Å². The number of nitrogen functional groups attached to an aromatic ring is 1. The number of anilines is 1. The van der Waals surface area contributed by atoms with Crippen LogP contribution in [0.3, 0.4) is 0 Å². The minimum absolute atomic E-state index is 0.0467. The summed E-state index contributed by atoms with van der Waals surface area (Å²) in [7, 11) is -3.64. The lowest BCUT2D eigenvalue weighted by Crippen LogP contribution is -2.33. The van der Waals surface area contributed by atoms with E-state index in [1.54, 1.807) is 13.0 Å². The maximum absolute atomic E-state index is 12.0. The molecule has 7 heteroatoms. The second-order valence-electron chi connectivity index (χ2n) is 3.72. The summed E-state index contributed by atoms with van der Waals surface area (Å²) in [5, 5.41) is 8.73. The van der Waals surface area contributed by atoms with Gasteiger partial charge in [-0.2, -0.15) is 0 Å². The number of rotatable bonds is 5. The predicted octanol–water partition coefficient (Wildman–Crippen LogP) is 1.08. The van der Waals surface area contributed by atoms with Crippen LogP contribution < -0.4 is 10.5 Å². The van der Waals surface area contributed by atoms with Crippen molar-refractivity contribution in [2.45, 2.75) is 24.3 Å². The number of nitrogens with two attached hydrogens (primary N) is 1. The Labute approximate surface area is 109 Å². The molecule has 1 aromatic carbocycles. The topological polar surface area (TPSA) is 92.4 Å². The number of benzene rings is 1. The van der Waals surface area contributed by atoms with Gasteiger partial charge < -0.3 is 10.8 Å². The third kappa shape index (κ3) is 3.95. The Hall–Kier alpha value is -0.630. The van der Waals surface area contributed by atoms with Crippen molar-refractivity contribution in [2.75, 3.05) is 12.3 Å². The minimum atomic E-state index is -3.64. The van der Waals surface area contributed by atoms with Crippen LogP contribution in [0.25, 0.3) is 0 Å². The molecule has 0 heterocycles. The van der Waals surface area contributed by atoms with Crippen LogP contribution in [0.1, 0.15) is 13.3 Å². The maximum Gasteiger partial charge on any atom is 0.242 e. The molecule has 0 saturated heterocycles. The maximum atomic E-state index is 12.0. The van der Waals surface area contributed by atoms with E-state index in [9.17, 15) is 8.42 Å². The normalized spacial score (nSPS) is 13.6. The summed E-state index contributed by atoms with van der Waals surface area (Å²) >= 11 is 3.21.